The molecule has 0 saturated carbocycles. The van der Waals surface area contributed by atoms with Crippen LogP contribution in [0.3, 0.4) is 0 Å². The molecule has 0 aliphatic heterocycles. The second kappa shape index (κ2) is 4.29. The zero-order valence-electron chi connectivity index (χ0n) is 3.14. The molecule has 0 saturated heterocycles. The average molecular weight is 86.8 g/mol. The first kappa shape index (κ1) is 5.29. The Balaban J connectivity index is 2.93. The van der Waals surface area contributed by atoms with E-state index in [1.54, 1.807) is 6.62 Å². The van der Waals surface area contributed by atoms with Crippen molar-refractivity contribution in [1.82, 2.24) is 0 Å². The van der Waals surface area contributed by atoms with Crippen LogP contribution in [0.15, 0.2) is 0 Å². The van der Waals surface area contributed by atoms with Crippen molar-refractivity contribution in [3.8, 4) is 0 Å². The number of rotatable bonds is 1. The zero-order chi connectivity index (χ0) is 4.12. The van der Waals surface area contributed by atoms with Gasteiger partial charge in [0.15, 0.2) is 0 Å². The molecule has 0 fully saturated rings. The van der Waals surface area contributed by atoms with Gasteiger partial charge in [0.05, 0.1) is 0 Å². The van der Waals surface area contributed by atoms with Crippen LogP contribution in [-0.4, -0.2) is 6.62 Å². The van der Waals surface area contributed by atoms with E-state index in [2.05, 4.69) is 0 Å². The molecule has 3 heteroatoms. The first-order valence-corrected chi connectivity index (χ1v) is 2.44. The molecule has 26 valence electrons. The van der Waals surface area contributed by atoms with Gasteiger partial charge in [-0.15, -0.1) is 0 Å². The fourth-order valence-corrected chi connectivity index (χ4v) is 0.224. The van der Waals surface area contributed by atoms with Crippen molar-refractivity contribution in [3.63, 3.8) is 0 Å². The van der Waals surface area contributed by atoms with Gasteiger partial charge in [0.25, 0.3) is 0 Å². The van der Waals surface area contributed by atoms with Crippen molar-refractivity contribution in [2.75, 3.05) is 0 Å². The Morgan fingerprint density at radius 3 is 2.60 bits per heavy atom. The fourth-order valence-electron chi connectivity index (χ4n) is 0.0745. The van der Waals surface area contributed by atoms with Gasteiger partial charge in [0.2, 0.25) is 0 Å². The molecule has 0 heterocycles. The van der Waals surface area contributed by atoms with Gasteiger partial charge >= 0.3 is 32.4 Å². The van der Waals surface area contributed by atoms with Crippen molar-refractivity contribution in [2.24, 2.45) is 0 Å². The summed E-state index contributed by atoms with van der Waals surface area (Å²) in [5, 5.41) is 0. The minimum atomic E-state index is 0.155. The van der Waals surface area contributed by atoms with E-state index in [0.717, 1.165) is 6.32 Å². The van der Waals surface area contributed by atoms with Crippen LogP contribution in [0.25, 0.3) is 0 Å². The van der Waals surface area contributed by atoms with Crippen LogP contribution in [0.4, 0.5) is 0 Å². The molecular weight excluding hydrogens is 81.8 g/mol. The van der Waals surface area contributed by atoms with Gasteiger partial charge in [0.1, 0.15) is 0 Å². The molecule has 0 spiro atoms. The number of hydrogen-bond acceptors (Lipinski definition) is 1. The molecular formula is C2H5BOP+. The van der Waals surface area contributed by atoms with Gasteiger partial charge < -0.3 is 0 Å². The van der Waals surface area contributed by atoms with E-state index in [1.807, 2.05) is 6.92 Å². The Labute approximate surface area is 33.4 Å². The molecule has 0 amide bonds. The first-order valence-electron chi connectivity index (χ1n) is 1.56. The molecule has 0 aliphatic carbocycles. The zero-order valence-corrected chi connectivity index (χ0v) is 4.03. The summed E-state index contributed by atoms with van der Waals surface area (Å²) in [6.07, 6.45) is 0.894. The monoisotopic (exact) mass is 87.0 g/mol. The third-order valence-corrected chi connectivity index (χ3v) is 0.771. The summed E-state index contributed by atoms with van der Waals surface area (Å²) in [5.41, 5.74) is 0. The van der Waals surface area contributed by atoms with Crippen LogP contribution >= 0.6 is 7.95 Å². The normalized spacial score (nSPS) is 5.80. The van der Waals surface area contributed by atoms with E-state index >= 15 is 0 Å². The average Bonchev–Trinajstić information content (AvgIpc) is 1.41. The van der Waals surface area contributed by atoms with Gasteiger partial charge in [-0.2, -0.15) is 0 Å². The SMILES string of the molecule is CCB=[P+]=O. The minimum absolute atomic E-state index is 0.155. The summed E-state index contributed by atoms with van der Waals surface area (Å²) in [4.78, 5) is 0. The molecule has 0 rings (SSSR count). The summed E-state index contributed by atoms with van der Waals surface area (Å²) >= 11 is 0. The third kappa shape index (κ3) is 4.29. The second-order valence-corrected chi connectivity index (χ2v) is 1.27. The third-order valence-electron chi connectivity index (χ3n) is 0.257. The molecule has 0 aromatic heterocycles. The molecule has 0 radical (unpaired) electrons. The van der Waals surface area contributed by atoms with Crippen molar-refractivity contribution >= 4 is 14.6 Å². The Hall–Kier alpha value is 0.295. The number of hydrogen-bond donors (Lipinski definition) is 0. The summed E-state index contributed by atoms with van der Waals surface area (Å²) in [6, 6.07) is 0. The Morgan fingerprint density at radius 1 is 2.00 bits per heavy atom. The van der Waals surface area contributed by atoms with E-state index in [4.69, 9.17) is 0 Å². The summed E-state index contributed by atoms with van der Waals surface area (Å²) in [7, 11) is 0.155. The van der Waals surface area contributed by atoms with Crippen LogP contribution in [0, 0.1) is 0 Å². The van der Waals surface area contributed by atoms with Crippen LogP contribution in [-0.2, 0) is 4.57 Å². The Kier molecular flexibility index (Phi) is 4.55. The molecule has 1 nitrogen and oxygen atoms in total. The van der Waals surface area contributed by atoms with Crippen LogP contribution < -0.4 is 0 Å². The fraction of sp³-hybridized carbons (Fsp3) is 1.00. The molecule has 0 atom stereocenters. The van der Waals surface area contributed by atoms with E-state index in [0.29, 0.717) is 0 Å². The van der Waals surface area contributed by atoms with Crippen molar-refractivity contribution in [2.45, 2.75) is 13.2 Å². The molecule has 0 aromatic carbocycles. The van der Waals surface area contributed by atoms with Crippen LogP contribution in [0.5, 0.6) is 0 Å². The quantitative estimate of drug-likeness (QED) is 0.348. The Morgan fingerprint density at radius 2 is 2.60 bits per heavy atom. The topological polar surface area (TPSA) is 17.1 Å². The maximum atomic E-state index is 9.45. The van der Waals surface area contributed by atoms with E-state index in [9.17, 15) is 4.57 Å². The molecule has 5 heavy (non-hydrogen) atoms. The predicted octanol–water partition coefficient (Wildman–Crippen LogP) is 1.34. The van der Waals surface area contributed by atoms with Gasteiger partial charge in [-0.1, -0.05) is 0 Å². The molecule has 0 N–H and O–H groups in total. The van der Waals surface area contributed by atoms with E-state index in [1.165, 1.54) is 0 Å². The summed E-state index contributed by atoms with van der Waals surface area (Å²) < 4.78 is 9.45. The molecule has 0 aromatic rings. The summed E-state index contributed by atoms with van der Waals surface area (Å²) in [6.45, 7) is 3.62. The van der Waals surface area contributed by atoms with Crippen molar-refractivity contribution in [1.29, 1.82) is 0 Å². The van der Waals surface area contributed by atoms with Gasteiger partial charge in [-0.05, 0) is 0 Å². The van der Waals surface area contributed by atoms with Crippen LogP contribution in [0.1, 0.15) is 6.92 Å². The second-order valence-electron chi connectivity index (χ2n) is 0.696. The van der Waals surface area contributed by atoms with Crippen molar-refractivity contribution < 1.29 is 4.57 Å². The van der Waals surface area contributed by atoms with Gasteiger partial charge in [-0.3, -0.25) is 0 Å². The Bertz CT molecular complexity index is 56.7. The van der Waals surface area contributed by atoms with E-state index < -0.39 is 0 Å². The van der Waals surface area contributed by atoms with Crippen molar-refractivity contribution in [3.05, 3.63) is 0 Å². The van der Waals surface area contributed by atoms with Gasteiger partial charge in [0, 0.05) is 0 Å². The standard InChI is InChI=1S/C2H5BOP/c1-2-3-5-4/h2H2,1H3/q+1. The first-order chi connectivity index (χ1) is 2.41. The predicted molar refractivity (Wildman–Crippen MR) is 23.8 cm³/mol. The molecule has 0 unspecified atom stereocenters. The molecule has 0 bridgehead atoms. The van der Waals surface area contributed by atoms with Gasteiger partial charge in [-0.25, -0.2) is 0 Å². The molecule has 0 aliphatic rings. The van der Waals surface area contributed by atoms with E-state index in [-0.39, 0.29) is 7.95 Å². The summed E-state index contributed by atoms with van der Waals surface area (Å²) in [5.74, 6) is 0. The maximum absolute atomic E-state index is 9.45. The van der Waals surface area contributed by atoms with Crippen LogP contribution in [0.2, 0.25) is 6.32 Å².